The van der Waals surface area contributed by atoms with Gasteiger partial charge in [-0.15, -0.1) is 0 Å². The van der Waals surface area contributed by atoms with Crippen LogP contribution in [0.25, 0.3) is 16.6 Å². The van der Waals surface area contributed by atoms with Crippen molar-refractivity contribution in [1.82, 2.24) is 29.3 Å². The molecule has 1 aliphatic heterocycles. The molecule has 1 saturated heterocycles. The first kappa shape index (κ1) is 27.8. The molecular formula is C32H37N7O3. The second-order valence-corrected chi connectivity index (χ2v) is 12.7. The van der Waals surface area contributed by atoms with Crippen LogP contribution in [0.4, 0.5) is 4.79 Å². The lowest BCUT2D eigenvalue weighted by Crippen LogP contribution is -2.50. The minimum Gasteiger partial charge on any atom is -0.482 e. The summed E-state index contributed by atoms with van der Waals surface area (Å²) in [7, 11) is 0. The van der Waals surface area contributed by atoms with E-state index in [1.807, 2.05) is 70.0 Å². The molecular weight excluding hydrogens is 530 g/mol. The Morgan fingerprint density at radius 3 is 2.62 bits per heavy atom. The highest BCUT2D eigenvalue weighted by Crippen LogP contribution is 2.55. The summed E-state index contributed by atoms with van der Waals surface area (Å²) in [5, 5.41) is 19.1. The summed E-state index contributed by atoms with van der Waals surface area (Å²) < 4.78 is 15.8. The zero-order valence-electron chi connectivity index (χ0n) is 24.9. The lowest BCUT2D eigenvalue weighted by Gasteiger charge is -2.52. The van der Waals surface area contributed by atoms with Gasteiger partial charge in [-0.3, -0.25) is 9.67 Å². The Kier molecular flexibility index (Phi) is 6.92. The summed E-state index contributed by atoms with van der Waals surface area (Å²) in [5.41, 5.74) is 4.51. The predicted molar refractivity (Wildman–Crippen MR) is 157 cm³/mol. The molecule has 4 aromatic heterocycles. The van der Waals surface area contributed by atoms with Crippen molar-refractivity contribution in [3.05, 3.63) is 66.0 Å². The molecule has 5 heterocycles. The number of ether oxygens (including phenoxy) is 2. The molecule has 0 aromatic carbocycles. The highest BCUT2D eigenvalue weighted by molar-refractivity contribution is 5.76. The summed E-state index contributed by atoms with van der Waals surface area (Å²) in [5.74, 6) is 0.575. The first-order chi connectivity index (χ1) is 20.0. The monoisotopic (exact) mass is 567 g/mol. The van der Waals surface area contributed by atoms with Crippen molar-refractivity contribution in [2.24, 2.45) is 5.41 Å². The Morgan fingerprint density at radius 1 is 1.19 bits per heavy atom. The van der Waals surface area contributed by atoms with Crippen LogP contribution < -0.4 is 4.74 Å². The highest BCUT2D eigenvalue weighted by atomic mass is 16.6. The molecule has 4 aromatic rings. The van der Waals surface area contributed by atoms with Gasteiger partial charge in [0.25, 0.3) is 0 Å². The summed E-state index contributed by atoms with van der Waals surface area (Å²) in [6.45, 7) is 11.1. The zero-order chi connectivity index (χ0) is 29.6. The summed E-state index contributed by atoms with van der Waals surface area (Å²) in [4.78, 5) is 18.8. The number of aromatic nitrogens is 5. The summed E-state index contributed by atoms with van der Waals surface area (Å²) in [6.07, 6.45) is 10.9. The van der Waals surface area contributed by atoms with E-state index < -0.39 is 5.60 Å². The quantitative estimate of drug-likeness (QED) is 0.280. The van der Waals surface area contributed by atoms with Crippen LogP contribution in [0.5, 0.6) is 5.75 Å². The predicted octanol–water partition coefficient (Wildman–Crippen LogP) is 6.27. The van der Waals surface area contributed by atoms with Gasteiger partial charge in [0, 0.05) is 42.8 Å². The minimum atomic E-state index is -0.479. The average molecular weight is 568 g/mol. The Bertz CT molecular complexity index is 1650. The van der Waals surface area contributed by atoms with E-state index in [4.69, 9.17) is 14.6 Å². The van der Waals surface area contributed by atoms with Gasteiger partial charge in [0.15, 0.2) is 0 Å². The summed E-state index contributed by atoms with van der Waals surface area (Å²) >= 11 is 0. The molecule has 218 valence electrons. The number of hydrogen-bond donors (Lipinski definition) is 0. The van der Waals surface area contributed by atoms with E-state index in [1.54, 1.807) is 16.9 Å². The number of piperidine rings is 1. The molecule has 1 spiro atoms. The van der Waals surface area contributed by atoms with E-state index in [2.05, 4.69) is 27.0 Å². The maximum Gasteiger partial charge on any atom is 0.410 e. The van der Waals surface area contributed by atoms with E-state index in [1.165, 1.54) is 0 Å². The van der Waals surface area contributed by atoms with E-state index in [9.17, 15) is 10.1 Å². The van der Waals surface area contributed by atoms with Gasteiger partial charge in [-0.05, 0) is 83.9 Å². The number of fused-ring (bicyclic) bond motifs is 1. The van der Waals surface area contributed by atoms with Crippen LogP contribution in [-0.4, -0.2) is 54.1 Å². The van der Waals surface area contributed by atoms with Gasteiger partial charge in [-0.25, -0.2) is 9.31 Å². The zero-order valence-corrected chi connectivity index (χ0v) is 24.9. The number of likely N-dealkylation sites (tertiary alicyclic amines) is 1. The second-order valence-electron chi connectivity index (χ2n) is 12.7. The van der Waals surface area contributed by atoms with Crippen molar-refractivity contribution in [3.63, 3.8) is 0 Å². The number of pyridine rings is 2. The van der Waals surface area contributed by atoms with E-state index in [-0.39, 0.29) is 17.6 Å². The van der Waals surface area contributed by atoms with Crippen molar-refractivity contribution < 1.29 is 14.3 Å². The van der Waals surface area contributed by atoms with Crippen LogP contribution in [0.2, 0.25) is 0 Å². The number of aryl methyl sites for hydroxylation is 1. The third-order valence-corrected chi connectivity index (χ3v) is 8.52. The van der Waals surface area contributed by atoms with Gasteiger partial charge < -0.3 is 14.4 Å². The van der Waals surface area contributed by atoms with Crippen LogP contribution >= 0.6 is 0 Å². The van der Waals surface area contributed by atoms with Gasteiger partial charge >= 0.3 is 6.09 Å². The first-order valence-corrected chi connectivity index (χ1v) is 14.6. The van der Waals surface area contributed by atoms with E-state index in [0.29, 0.717) is 22.9 Å². The van der Waals surface area contributed by atoms with Gasteiger partial charge in [0.2, 0.25) is 0 Å². The fourth-order valence-electron chi connectivity index (χ4n) is 6.25. The normalized spacial score (nSPS) is 17.6. The lowest BCUT2D eigenvalue weighted by molar-refractivity contribution is -0.0259. The molecule has 1 amide bonds. The molecule has 0 N–H and O–H groups in total. The van der Waals surface area contributed by atoms with Crippen LogP contribution in [0.1, 0.15) is 82.5 Å². The SMILES string of the molecule is Cc1nn(C2CC3(CCN(C(=O)OC(C)(C)C)CC3)C2)cc1-c1cc(O[C@H](C)c2ccccn2)c2c(C#N)cnn2c1. The molecule has 10 nitrogen and oxygen atoms in total. The largest absolute Gasteiger partial charge is 0.482 e. The Labute approximate surface area is 245 Å². The van der Waals surface area contributed by atoms with Gasteiger partial charge in [-0.1, -0.05) is 6.07 Å². The minimum absolute atomic E-state index is 0.214. The molecule has 0 unspecified atom stereocenters. The Balaban J connectivity index is 1.19. The van der Waals surface area contributed by atoms with E-state index >= 15 is 0 Å². The third kappa shape index (κ3) is 5.31. The molecule has 6 rings (SSSR count). The van der Waals surface area contributed by atoms with Crippen LogP contribution in [0.15, 0.2) is 49.1 Å². The number of hydrogen-bond acceptors (Lipinski definition) is 7. The van der Waals surface area contributed by atoms with Crippen LogP contribution in [-0.2, 0) is 4.74 Å². The van der Waals surface area contributed by atoms with Crippen molar-refractivity contribution in [2.45, 2.75) is 78.0 Å². The number of nitriles is 1. The molecule has 0 bridgehead atoms. The second kappa shape index (κ2) is 10.5. The summed E-state index contributed by atoms with van der Waals surface area (Å²) in [6, 6.07) is 10.3. The number of rotatable bonds is 5. The standard InChI is InChI=1S/C32H37N7O3/c1-21-26(20-38(36-21)25-15-32(16-25)9-12-37(13-10-32)30(40)42-31(3,4)5)23-14-28(29-24(17-33)18-35-39(29)19-23)41-22(2)27-8-6-7-11-34-27/h6-8,11,14,18-20,22,25H,9-10,12-13,15-16H2,1-5H3/t22-/m1/s1. The third-order valence-electron chi connectivity index (χ3n) is 8.52. The molecule has 0 radical (unpaired) electrons. The molecule has 1 atom stereocenters. The average Bonchev–Trinajstić information content (AvgIpc) is 3.54. The topological polar surface area (TPSA) is 111 Å². The van der Waals surface area contributed by atoms with Gasteiger partial charge in [0.1, 0.15) is 34.6 Å². The van der Waals surface area contributed by atoms with Crippen molar-refractivity contribution in [1.29, 1.82) is 5.26 Å². The van der Waals surface area contributed by atoms with Crippen molar-refractivity contribution in [3.8, 4) is 22.9 Å². The lowest BCUT2D eigenvalue weighted by atomic mass is 9.60. The maximum absolute atomic E-state index is 12.5. The molecule has 42 heavy (non-hydrogen) atoms. The molecule has 1 saturated carbocycles. The van der Waals surface area contributed by atoms with Crippen LogP contribution in [0.3, 0.4) is 0 Å². The fourth-order valence-corrected chi connectivity index (χ4v) is 6.25. The molecule has 1 aliphatic carbocycles. The Morgan fingerprint density at radius 2 is 1.95 bits per heavy atom. The van der Waals surface area contributed by atoms with Gasteiger partial charge in [-0.2, -0.15) is 15.5 Å². The smallest absolute Gasteiger partial charge is 0.410 e. The van der Waals surface area contributed by atoms with Gasteiger partial charge in [0.05, 0.1) is 23.6 Å². The number of amides is 1. The maximum atomic E-state index is 12.5. The van der Waals surface area contributed by atoms with Crippen molar-refractivity contribution >= 4 is 11.6 Å². The molecule has 2 aliphatic rings. The number of nitrogens with zero attached hydrogens (tertiary/aromatic N) is 7. The fraction of sp³-hybridized carbons (Fsp3) is 0.469. The number of carbonyl (C=O) groups is 1. The van der Waals surface area contributed by atoms with Crippen molar-refractivity contribution in [2.75, 3.05) is 13.1 Å². The molecule has 2 fully saturated rings. The molecule has 10 heteroatoms. The highest BCUT2D eigenvalue weighted by Gasteiger charge is 2.48. The van der Waals surface area contributed by atoms with Crippen LogP contribution in [0, 0.1) is 23.7 Å². The van der Waals surface area contributed by atoms with E-state index in [0.717, 1.165) is 61.3 Å². The Hall–Kier alpha value is -4.39. The number of carbonyl (C=O) groups excluding carboxylic acids is 1. The first-order valence-electron chi connectivity index (χ1n) is 14.6.